The highest BCUT2D eigenvalue weighted by Crippen LogP contribution is 2.39. The number of rotatable bonds is 8. The zero-order chi connectivity index (χ0) is 29.9. The summed E-state index contributed by atoms with van der Waals surface area (Å²) >= 11 is 0. The molecule has 0 bridgehead atoms. The number of nitrogens with zero attached hydrogens (tertiary/aromatic N) is 3. The number of ether oxygens (including phenoxy) is 2. The fourth-order valence-corrected chi connectivity index (χ4v) is 4.30. The van der Waals surface area contributed by atoms with Crippen molar-refractivity contribution in [3.8, 4) is 39.7 Å². The average molecular weight is 580 g/mol. The van der Waals surface area contributed by atoms with Crippen molar-refractivity contribution < 1.29 is 36.2 Å². The summed E-state index contributed by atoms with van der Waals surface area (Å²) in [5.41, 5.74) is 1.26. The zero-order valence-electron chi connectivity index (χ0n) is 22.0. The maximum atomic E-state index is 14.2. The number of esters is 1. The second kappa shape index (κ2) is 11.8. The third kappa shape index (κ3) is 6.30. The smallest absolute Gasteiger partial charge is 0.417 e. The molecule has 42 heavy (non-hydrogen) atoms. The van der Waals surface area contributed by atoms with Gasteiger partial charge in [-0.2, -0.15) is 13.2 Å². The molecule has 11 heteroatoms. The minimum Gasteiger partial charge on any atom is -0.490 e. The van der Waals surface area contributed by atoms with Gasteiger partial charge in [0.15, 0.2) is 17.5 Å². The fourth-order valence-electron chi connectivity index (χ4n) is 4.30. The molecule has 2 heterocycles. The number of carbonyl (C=O) groups is 1. The Hall–Kier alpha value is -5.06. The van der Waals surface area contributed by atoms with Crippen LogP contribution in [0.25, 0.3) is 33.9 Å². The number of alkyl halides is 3. The highest BCUT2D eigenvalue weighted by Gasteiger charge is 2.34. The molecule has 0 aliphatic carbocycles. The third-order valence-corrected chi connectivity index (χ3v) is 6.35. The molecule has 3 aromatic carbocycles. The van der Waals surface area contributed by atoms with Crippen LogP contribution < -0.4 is 4.74 Å². The van der Waals surface area contributed by atoms with Crippen molar-refractivity contribution in [2.45, 2.75) is 12.7 Å². The molecule has 0 saturated carbocycles. The lowest BCUT2D eigenvalue weighted by atomic mass is 9.98. The minimum absolute atomic E-state index is 0.00269. The molecule has 0 N–H and O–H groups in total. The second-order valence-corrected chi connectivity index (χ2v) is 9.17. The molecule has 6 nitrogen and oxygen atoms in total. The van der Waals surface area contributed by atoms with Gasteiger partial charge >= 0.3 is 12.1 Å². The topological polar surface area (TPSA) is 66.2 Å². The van der Waals surface area contributed by atoms with Crippen LogP contribution >= 0.6 is 0 Å². The average Bonchev–Trinajstić information content (AvgIpc) is 3.40. The molecule has 214 valence electrons. The third-order valence-electron chi connectivity index (χ3n) is 6.35. The van der Waals surface area contributed by atoms with Crippen molar-refractivity contribution in [1.82, 2.24) is 14.5 Å². The van der Waals surface area contributed by atoms with Crippen LogP contribution in [0.15, 0.2) is 91.3 Å². The Bertz CT molecular complexity index is 1730. The number of hydrogen-bond donors (Lipinski definition) is 0. The Balaban J connectivity index is 1.33. The van der Waals surface area contributed by atoms with Gasteiger partial charge in [-0.1, -0.05) is 36.4 Å². The summed E-state index contributed by atoms with van der Waals surface area (Å²) in [6, 6.07) is 15.8. The first-order chi connectivity index (χ1) is 20.1. The highest BCUT2D eigenvalue weighted by molar-refractivity contribution is 5.81. The van der Waals surface area contributed by atoms with Crippen LogP contribution in [0, 0.1) is 11.6 Å². The molecule has 0 amide bonds. The molecular formula is C31H22F5N3O3. The number of aromatic nitrogens is 3. The number of imidazole rings is 1. The van der Waals surface area contributed by atoms with Gasteiger partial charge < -0.3 is 14.0 Å². The van der Waals surface area contributed by atoms with E-state index >= 15 is 0 Å². The summed E-state index contributed by atoms with van der Waals surface area (Å²) < 4.78 is 81.2. The van der Waals surface area contributed by atoms with E-state index in [1.54, 1.807) is 47.3 Å². The van der Waals surface area contributed by atoms with Crippen molar-refractivity contribution in [3.05, 3.63) is 114 Å². The molecule has 0 spiro atoms. The highest BCUT2D eigenvalue weighted by atomic mass is 19.4. The van der Waals surface area contributed by atoms with Crippen molar-refractivity contribution in [1.29, 1.82) is 0 Å². The lowest BCUT2D eigenvalue weighted by Crippen LogP contribution is -2.08. The van der Waals surface area contributed by atoms with Crippen molar-refractivity contribution in [2.24, 2.45) is 0 Å². The van der Waals surface area contributed by atoms with Crippen LogP contribution in [-0.4, -0.2) is 34.2 Å². The van der Waals surface area contributed by atoms with Gasteiger partial charge in [-0.05, 0) is 53.1 Å². The van der Waals surface area contributed by atoms with Gasteiger partial charge in [0.1, 0.15) is 18.1 Å². The van der Waals surface area contributed by atoms with Crippen LogP contribution in [0.4, 0.5) is 22.0 Å². The van der Waals surface area contributed by atoms with Crippen LogP contribution in [0.5, 0.6) is 5.75 Å². The van der Waals surface area contributed by atoms with Gasteiger partial charge in [0.05, 0.1) is 23.9 Å². The predicted octanol–water partition coefficient (Wildman–Crippen LogP) is 7.17. The number of benzene rings is 3. The van der Waals surface area contributed by atoms with Gasteiger partial charge in [-0.25, -0.2) is 23.5 Å². The van der Waals surface area contributed by atoms with E-state index in [1.807, 2.05) is 0 Å². The minimum atomic E-state index is -4.63. The molecule has 0 unspecified atom stereocenters. The quantitative estimate of drug-likeness (QED) is 0.111. The number of hydrogen-bond acceptors (Lipinski definition) is 5. The molecule has 2 aliphatic heterocycles. The standard InChI is InChI=1S/C31H22F5N3O3/c1-41-28(40)6-3-15-42-21-11-12-22(24(16-21)31(34,35)36)20-9-7-19(8-10-20)17-39-14-13-26-27(18-39)38-30(37-26)23-4-2-5-25(32)29(23)33/h2-14,16,18H,15,17H2,1H3/b6-3+. The molecule has 3 aromatic rings. The van der Waals surface area contributed by atoms with Crippen molar-refractivity contribution in [2.75, 3.05) is 13.7 Å². The fraction of sp³-hybridized carbons (Fsp3) is 0.129. The van der Waals surface area contributed by atoms with E-state index in [0.29, 0.717) is 23.5 Å². The summed E-state index contributed by atoms with van der Waals surface area (Å²) in [4.78, 5) is 19.7. The Morgan fingerprint density at radius 3 is 2.45 bits per heavy atom. The van der Waals surface area contributed by atoms with Gasteiger partial charge in [0.2, 0.25) is 0 Å². The second-order valence-electron chi connectivity index (χ2n) is 9.17. The number of fused-ring (bicyclic) bond motifs is 1. The van der Waals surface area contributed by atoms with E-state index < -0.39 is 29.3 Å². The van der Waals surface area contributed by atoms with E-state index in [0.717, 1.165) is 23.8 Å². The monoisotopic (exact) mass is 579 g/mol. The molecule has 0 fully saturated rings. The summed E-state index contributed by atoms with van der Waals surface area (Å²) in [6.07, 6.45) is 1.29. The van der Waals surface area contributed by atoms with Crippen molar-refractivity contribution >= 4 is 5.97 Å². The number of methoxy groups -OCH3 is 1. The maximum absolute atomic E-state index is 14.2. The molecule has 2 aliphatic rings. The molecule has 0 aromatic heterocycles. The molecule has 0 atom stereocenters. The van der Waals surface area contributed by atoms with E-state index in [1.165, 1.54) is 37.5 Å². The van der Waals surface area contributed by atoms with E-state index in [9.17, 15) is 26.7 Å². The van der Waals surface area contributed by atoms with E-state index in [2.05, 4.69) is 14.7 Å². The number of halogens is 5. The zero-order valence-corrected chi connectivity index (χ0v) is 22.0. The Morgan fingerprint density at radius 1 is 0.952 bits per heavy atom. The Morgan fingerprint density at radius 2 is 1.71 bits per heavy atom. The predicted molar refractivity (Wildman–Crippen MR) is 145 cm³/mol. The van der Waals surface area contributed by atoms with Gasteiger partial charge in [0, 0.05) is 25.0 Å². The lowest BCUT2D eigenvalue weighted by Gasteiger charge is -2.15. The van der Waals surface area contributed by atoms with E-state index in [-0.39, 0.29) is 29.3 Å². The van der Waals surface area contributed by atoms with Gasteiger partial charge in [-0.3, -0.25) is 0 Å². The Labute approximate surface area is 237 Å². The normalized spacial score (nSPS) is 11.8. The molecule has 0 saturated heterocycles. The van der Waals surface area contributed by atoms with Crippen LogP contribution in [0.1, 0.15) is 11.1 Å². The first-order valence-electron chi connectivity index (χ1n) is 12.6. The van der Waals surface area contributed by atoms with Crippen LogP contribution in [-0.2, 0) is 22.3 Å². The first kappa shape index (κ1) is 28.5. The number of carbonyl (C=O) groups excluding carboxylic acids is 1. The molecule has 0 radical (unpaired) electrons. The molecule has 5 rings (SSSR count). The number of pyridine rings is 1. The Kier molecular flexibility index (Phi) is 8.01. The molecular weight excluding hydrogens is 557 g/mol. The van der Waals surface area contributed by atoms with E-state index in [4.69, 9.17) is 4.74 Å². The summed E-state index contributed by atoms with van der Waals surface area (Å²) in [7, 11) is 1.21. The van der Waals surface area contributed by atoms with Crippen molar-refractivity contribution in [3.63, 3.8) is 0 Å². The van der Waals surface area contributed by atoms with Crippen LogP contribution in [0.3, 0.4) is 0 Å². The first-order valence-corrected chi connectivity index (χ1v) is 12.6. The summed E-state index contributed by atoms with van der Waals surface area (Å²) in [5, 5.41) is 0. The van der Waals surface area contributed by atoms with Gasteiger partial charge in [0.25, 0.3) is 0 Å². The van der Waals surface area contributed by atoms with Gasteiger partial charge in [-0.15, -0.1) is 0 Å². The summed E-state index contributed by atoms with van der Waals surface area (Å²) in [5.74, 6) is -2.54. The van der Waals surface area contributed by atoms with Crippen LogP contribution in [0.2, 0.25) is 0 Å². The SMILES string of the molecule is COC(=O)/C=C/COc1ccc(-c2ccc(Cn3ccc4nc(-c5cccc(F)c5F)nc-4c3)cc2)c(C(F)(F)F)c1. The largest absolute Gasteiger partial charge is 0.490 e. The summed E-state index contributed by atoms with van der Waals surface area (Å²) in [6.45, 7) is 0.272. The lowest BCUT2D eigenvalue weighted by molar-refractivity contribution is -0.137. The maximum Gasteiger partial charge on any atom is 0.417 e.